The van der Waals surface area contributed by atoms with Crippen molar-refractivity contribution in [2.45, 2.75) is 25.4 Å². The molecule has 0 radical (unpaired) electrons. The van der Waals surface area contributed by atoms with Gasteiger partial charge in [0, 0.05) is 13.1 Å². The second-order valence-corrected chi connectivity index (χ2v) is 7.21. The Balaban J connectivity index is 1.54. The van der Waals surface area contributed by atoms with Crippen molar-refractivity contribution in [3.05, 3.63) is 40.2 Å². The SMILES string of the molecule is O=C(NCc1ccsc1)C1CCCN1c1ncnc2sccc12. The molecule has 118 valence electrons. The Labute approximate surface area is 142 Å². The van der Waals surface area contributed by atoms with Gasteiger partial charge in [-0.25, -0.2) is 9.97 Å². The number of carbonyl (C=O) groups excluding carboxylic acids is 1. The van der Waals surface area contributed by atoms with Gasteiger partial charge in [0.15, 0.2) is 0 Å². The zero-order valence-electron chi connectivity index (χ0n) is 12.4. The first-order valence-corrected chi connectivity index (χ1v) is 9.39. The summed E-state index contributed by atoms with van der Waals surface area (Å²) >= 11 is 3.25. The number of amides is 1. The number of anilines is 1. The van der Waals surface area contributed by atoms with Crippen LogP contribution in [-0.4, -0.2) is 28.5 Å². The number of nitrogens with zero attached hydrogens (tertiary/aromatic N) is 3. The van der Waals surface area contributed by atoms with Crippen LogP contribution in [0.15, 0.2) is 34.6 Å². The molecule has 1 N–H and O–H groups in total. The number of carbonyl (C=O) groups is 1. The van der Waals surface area contributed by atoms with E-state index < -0.39 is 0 Å². The second kappa shape index (κ2) is 6.25. The highest BCUT2D eigenvalue weighted by Gasteiger charge is 2.32. The van der Waals surface area contributed by atoms with Crippen molar-refractivity contribution in [1.82, 2.24) is 15.3 Å². The maximum atomic E-state index is 12.6. The molecule has 4 rings (SSSR count). The second-order valence-electron chi connectivity index (χ2n) is 5.54. The van der Waals surface area contributed by atoms with Gasteiger partial charge in [-0.15, -0.1) is 11.3 Å². The minimum absolute atomic E-state index is 0.0793. The lowest BCUT2D eigenvalue weighted by molar-refractivity contribution is -0.122. The third-order valence-corrected chi connectivity index (χ3v) is 5.67. The van der Waals surface area contributed by atoms with Crippen LogP contribution < -0.4 is 10.2 Å². The minimum atomic E-state index is -0.147. The lowest BCUT2D eigenvalue weighted by atomic mass is 10.2. The van der Waals surface area contributed by atoms with E-state index in [0.29, 0.717) is 6.54 Å². The Bertz CT molecular complexity index is 814. The number of rotatable bonds is 4. The number of aromatic nitrogens is 2. The molecule has 7 heteroatoms. The molecule has 5 nitrogen and oxygen atoms in total. The van der Waals surface area contributed by atoms with Crippen LogP contribution in [0.4, 0.5) is 5.82 Å². The molecule has 1 fully saturated rings. The quantitative estimate of drug-likeness (QED) is 0.790. The van der Waals surface area contributed by atoms with Gasteiger partial charge in [-0.05, 0) is 46.7 Å². The van der Waals surface area contributed by atoms with Crippen LogP contribution in [0.25, 0.3) is 10.2 Å². The largest absolute Gasteiger partial charge is 0.350 e. The predicted octanol–water partition coefficient (Wildman–Crippen LogP) is 3.04. The lowest BCUT2D eigenvalue weighted by Gasteiger charge is -2.25. The van der Waals surface area contributed by atoms with Crippen LogP contribution in [0.2, 0.25) is 0 Å². The third kappa shape index (κ3) is 2.82. The molecule has 0 saturated carbocycles. The molecule has 1 amide bonds. The van der Waals surface area contributed by atoms with Gasteiger partial charge in [0.05, 0.1) is 5.39 Å². The topological polar surface area (TPSA) is 58.1 Å². The molecular formula is C16H16N4OS2. The first-order valence-electron chi connectivity index (χ1n) is 7.56. The molecule has 1 atom stereocenters. The van der Waals surface area contributed by atoms with E-state index in [1.807, 2.05) is 22.9 Å². The van der Waals surface area contributed by atoms with Crippen LogP contribution in [0.1, 0.15) is 18.4 Å². The van der Waals surface area contributed by atoms with Gasteiger partial charge < -0.3 is 10.2 Å². The van der Waals surface area contributed by atoms with Crippen molar-refractivity contribution in [2.75, 3.05) is 11.4 Å². The van der Waals surface area contributed by atoms with Crippen LogP contribution in [-0.2, 0) is 11.3 Å². The van der Waals surface area contributed by atoms with Crippen molar-refractivity contribution in [3.63, 3.8) is 0 Å². The minimum Gasteiger partial charge on any atom is -0.350 e. The van der Waals surface area contributed by atoms with Gasteiger partial charge in [0.2, 0.25) is 5.91 Å². The summed E-state index contributed by atoms with van der Waals surface area (Å²) in [5.74, 6) is 0.958. The molecule has 0 spiro atoms. The zero-order chi connectivity index (χ0) is 15.6. The first kappa shape index (κ1) is 14.6. The Hall–Kier alpha value is -1.99. The van der Waals surface area contributed by atoms with E-state index in [1.54, 1.807) is 29.0 Å². The highest BCUT2D eigenvalue weighted by atomic mass is 32.1. The normalized spacial score (nSPS) is 17.7. The Morgan fingerprint density at radius 3 is 3.17 bits per heavy atom. The summed E-state index contributed by atoms with van der Waals surface area (Å²) < 4.78 is 0. The number of hydrogen-bond donors (Lipinski definition) is 1. The third-order valence-electron chi connectivity index (χ3n) is 4.12. The smallest absolute Gasteiger partial charge is 0.243 e. The molecule has 0 bridgehead atoms. The lowest BCUT2D eigenvalue weighted by Crippen LogP contribution is -2.43. The molecule has 3 aromatic rings. The van der Waals surface area contributed by atoms with Crippen molar-refractivity contribution in [2.24, 2.45) is 0 Å². The van der Waals surface area contributed by atoms with Crippen molar-refractivity contribution in [3.8, 4) is 0 Å². The summed E-state index contributed by atoms with van der Waals surface area (Å²) in [6, 6.07) is 3.93. The number of hydrogen-bond acceptors (Lipinski definition) is 6. The van der Waals surface area contributed by atoms with Crippen molar-refractivity contribution in [1.29, 1.82) is 0 Å². The summed E-state index contributed by atoms with van der Waals surface area (Å²) in [4.78, 5) is 24.4. The number of nitrogens with one attached hydrogen (secondary N) is 1. The van der Waals surface area contributed by atoms with E-state index in [2.05, 4.69) is 25.6 Å². The van der Waals surface area contributed by atoms with Crippen molar-refractivity contribution >= 4 is 44.6 Å². The van der Waals surface area contributed by atoms with Gasteiger partial charge in [0.1, 0.15) is 23.0 Å². The Kier molecular flexibility index (Phi) is 3.97. The van der Waals surface area contributed by atoms with Crippen LogP contribution >= 0.6 is 22.7 Å². The summed E-state index contributed by atoms with van der Waals surface area (Å²) in [6.45, 7) is 1.45. The van der Waals surface area contributed by atoms with Crippen LogP contribution in [0.5, 0.6) is 0 Å². The fourth-order valence-electron chi connectivity index (χ4n) is 3.00. The average Bonchev–Trinajstić information content (AvgIpc) is 3.32. The molecular weight excluding hydrogens is 328 g/mol. The van der Waals surface area contributed by atoms with Crippen LogP contribution in [0, 0.1) is 0 Å². The first-order chi connectivity index (χ1) is 11.3. The number of fused-ring (bicyclic) bond motifs is 1. The van der Waals surface area contributed by atoms with Gasteiger partial charge in [-0.2, -0.15) is 11.3 Å². The van der Waals surface area contributed by atoms with E-state index >= 15 is 0 Å². The Morgan fingerprint density at radius 2 is 2.30 bits per heavy atom. The summed E-state index contributed by atoms with van der Waals surface area (Å²) in [6.07, 6.45) is 3.46. The standard InChI is InChI=1S/C16H16N4OS2/c21-15(17-8-11-3-6-22-9-11)13-2-1-5-20(13)14-12-4-7-23-16(12)19-10-18-14/h3-4,6-7,9-10,13H,1-2,5,8H2,(H,17,21). The summed E-state index contributed by atoms with van der Waals surface area (Å²) in [7, 11) is 0. The van der Waals surface area contributed by atoms with Gasteiger partial charge >= 0.3 is 0 Å². The summed E-state index contributed by atoms with van der Waals surface area (Å²) in [5, 5.41) is 10.2. The molecule has 1 unspecified atom stereocenters. The average molecular weight is 344 g/mol. The number of thiophene rings is 2. The monoisotopic (exact) mass is 344 g/mol. The van der Waals surface area contributed by atoms with Gasteiger partial charge in [0.25, 0.3) is 0 Å². The zero-order valence-corrected chi connectivity index (χ0v) is 14.1. The maximum Gasteiger partial charge on any atom is 0.243 e. The van der Waals surface area contributed by atoms with Crippen molar-refractivity contribution < 1.29 is 4.79 Å². The van der Waals surface area contributed by atoms with E-state index in [-0.39, 0.29) is 11.9 Å². The Morgan fingerprint density at radius 1 is 1.35 bits per heavy atom. The fourth-order valence-corrected chi connectivity index (χ4v) is 4.39. The van der Waals surface area contributed by atoms with E-state index in [1.165, 1.54) is 0 Å². The molecule has 23 heavy (non-hydrogen) atoms. The maximum absolute atomic E-state index is 12.6. The van der Waals surface area contributed by atoms with E-state index in [4.69, 9.17) is 0 Å². The van der Waals surface area contributed by atoms with E-state index in [0.717, 1.165) is 41.0 Å². The molecule has 0 aliphatic carbocycles. The van der Waals surface area contributed by atoms with Crippen LogP contribution in [0.3, 0.4) is 0 Å². The van der Waals surface area contributed by atoms with Gasteiger partial charge in [-0.3, -0.25) is 4.79 Å². The van der Waals surface area contributed by atoms with E-state index in [9.17, 15) is 4.79 Å². The predicted molar refractivity (Wildman–Crippen MR) is 93.9 cm³/mol. The molecule has 4 heterocycles. The molecule has 3 aromatic heterocycles. The molecule has 1 saturated heterocycles. The molecule has 0 aromatic carbocycles. The summed E-state index contributed by atoms with van der Waals surface area (Å²) in [5.41, 5.74) is 1.15. The van der Waals surface area contributed by atoms with Gasteiger partial charge in [-0.1, -0.05) is 0 Å². The highest BCUT2D eigenvalue weighted by molar-refractivity contribution is 7.16. The molecule has 1 aliphatic rings. The fraction of sp³-hybridized carbons (Fsp3) is 0.312. The molecule has 1 aliphatic heterocycles. The highest BCUT2D eigenvalue weighted by Crippen LogP contribution is 2.31.